The Hall–Kier alpha value is -3.04. The Kier molecular flexibility index (Phi) is 7.24. The van der Waals surface area contributed by atoms with Crippen molar-refractivity contribution < 1.29 is 27.4 Å². The zero-order chi connectivity index (χ0) is 21.6. The van der Waals surface area contributed by atoms with E-state index in [0.717, 1.165) is 4.31 Å². The SMILES string of the molecule is COc1ccc(S(=O)(=O)N(C)C)cc1NC(=O)/C=C/c1cccc(OC)c1OC. The standard InChI is InChI=1S/C20H24N2O6S/c1-22(2)29(24,25)15-10-11-17(26-3)16(13-15)21-19(23)12-9-14-7-6-8-18(27-4)20(14)28-5/h6-13H,1-5H3,(H,21,23)/b12-9+. The summed E-state index contributed by atoms with van der Waals surface area (Å²) in [5.74, 6) is 0.907. The number of benzene rings is 2. The highest BCUT2D eigenvalue weighted by molar-refractivity contribution is 7.89. The number of ether oxygens (including phenoxy) is 3. The van der Waals surface area contributed by atoms with E-state index in [1.165, 1.54) is 59.7 Å². The van der Waals surface area contributed by atoms with Gasteiger partial charge in [-0.1, -0.05) is 12.1 Å². The molecule has 0 bridgehead atoms. The van der Waals surface area contributed by atoms with Gasteiger partial charge in [0.1, 0.15) is 5.75 Å². The van der Waals surface area contributed by atoms with Crippen LogP contribution in [0.15, 0.2) is 47.4 Å². The van der Waals surface area contributed by atoms with Crippen LogP contribution in [0.4, 0.5) is 5.69 Å². The lowest BCUT2D eigenvalue weighted by Gasteiger charge is -2.14. The van der Waals surface area contributed by atoms with Crippen LogP contribution in [0.25, 0.3) is 6.08 Å². The van der Waals surface area contributed by atoms with Gasteiger partial charge in [-0.3, -0.25) is 4.79 Å². The molecule has 1 amide bonds. The molecule has 0 aliphatic rings. The summed E-state index contributed by atoms with van der Waals surface area (Å²) in [6, 6.07) is 9.55. The molecule has 1 N–H and O–H groups in total. The lowest BCUT2D eigenvalue weighted by molar-refractivity contribution is -0.111. The van der Waals surface area contributed by atoms with Gasteiger partial charge in [-0.25, -0.2) is 12.7 Å². The summed E-state index contributed by atoms with van der Waals surface area (Å²) in [5.41, 5.74) is 0.889. The van der Waals surface area contributed by atoms with E-state index in [-0.39, 0.29) is 10.6 Å². The molecule has 0 fully saturated rings. The second-order valence-electron chi connectivity index (χ2n) is 6.05. The zero-order valence-corrected chi connectivity index (χ0v) is 17.7. The lowest BCUT2D eigenvalue weighted by atomic mass is 10.1. The third kappa shape index (κ3) is 5.07. The van der Waals surface area contributed by atoms with Crippen molar-refractivity contribution in [2.75, 3.05) is 40.7 Å². The topological polar surface area (TPSA) is 94.2 Å². The summed E-state index contributed by atoms with van der Waals surface area (Å²) in [5, 5.41) is 2.64. The molecule has 0 spiro atoms. The Labute approximate surface area is 170 Å². The first kappa shape index (κ1) is 22.3. The van der Waals surface area contributed by atoms with Crippen molar-refractivity contribution in [3.05, 3.63) is 48.0 Å². The van der Waals surface area contributed by atoms with Gasteiger partial charge in [0.15, 0.2) is 11.5 Å². The second kappa shape index (κ2) is 9.44. The summed E-state index contributed by atoms with van der Waals surface area (Å²) >= 11 is 0. The van der Waals surface area contributed by atoms with Crippen LogP contribution in [0.2, 0.25) is 0 Å². The molecule has 0 aliphatic carbocycles. The number of hydrogen-bond donors (Lipinski definition) is 1. The molecular formula is C20H24N2O6S. The molecule has 0 saturated heterocycles. The Morgan fingerprint density at radius 3 is 2.28 bits per heavy atom. The van der Waals surface area contributed by atoms with Crippen molar-refractivity contribution >= 4 is 27.7 Å². The van der Waals surface area contributed by atoms with Gasteiger partial charge in [-0.15, -0.1) is 0 Å². The maximum absolute atomic E-state index is 12.4. The van der Waals surface area contributed by atoms with Gasteiger partial charge in [0.2, 0.25) is 15.9 Å². The molecule has 0 aromatic heterocycles. The molecule has 0 heterocycles. The summed E-state index contributed by atoms with van der Waals surface area (Å²) in [7, 11) is 3.68. The maximum atomic E-state index is 12.4. The van der Waals surface area contributed by atoms with E-state index in [1.54, 1.807) is 24.3 Å². The number of amides is 1. The van der Waals surface area contributed by atoms with Crippen LogP contribution in [-0.4, -0.2) is 54.1 Å². The minimum Gasteiger partial charge on any atom is -0.495 e. The molecule has 2 aromatic carbocycles. The van der Waals surface area contributed by atoms with Gasteiger partial charge in [0, 0.05) is 25.7 Å². The number of hydrogen-bond acceptors (Lipinski definition) is 6. The van der Waals surface area contributed by atoms with Crippen molar-refractivity contribution in [3.8, 4) is 17.2 Å². The normalized spacial score (nSPS) is 11.5. The van der Waals surface area contributed by atoms with E-state index >= 15 is 0 Å². The Morgan fingerprint density at radius 1 is 1.00 bits per heavy atom. The number of methoxy groups -OCH3 is 3. The van der Waals surface area contributed by atoms with Crippen LogP contribution in [0.5, 0.6) is 17.2 Å². The second-order valence-corrected chi connectivity index (χ2v) is 8.21. The molecule has 0 saturated carbocycles. The van der Waals surface area contributed by atoms with Crippen LogP contribution in [0.1, 0.15) is 5.56 Å². The fourth-order valence-corrected chi connectivity index (χ4v) is 3.47. The smallest absolute Gasteiger partial charge is 0.248 e. The average Bonchev–Trinajstić information content (AvgIpc) is 2.71. The molecule has 0 atom stereocenters. The average molecular weight is 420 g/mol. The highest BCUT2D eigenvalue weighted by Gasteiger charge is 2.19. The number of carbonyl (C=O) groups is 1. The van der Waals surface area contributed by atoms with E-state index in [9.17, 15) is 13.2 Å². The Morgan fingerprint density at radius 2 is 1.69 bits per heavy atom. The highest BCUT2D eigenvalue weighted by Crippen LogP contribution is 2.32. The zero-order valence-electron chi connectivity index (χ0n) is 16.9. The number of carbonyl (C=O) groups excluding carboxylic acids is 1. The minimum atomic E-state index is -3.65. The molecule has 9 heteroatoms. The number of nitrogens with one attached hydrogen (secondary N) is 1. The number of nitrogens with zero attached hydrogens (tertiary/aromatic N) is 1. The van der Waals surface area contributed by atoms with Crippen LogP contribution < -0.4 is 19.5 Å². The summed E-state index contributed by atoms with van der Waals surface area (Å²) in [4.78, 5) is 12.5. The van der Waals surface area contributed by atoms with Crippen molar-refractivity contribution in [1.29, 1.82) is 0 Å². The van der Waals surface area contributed by atoms with Crippen molar-refractivity contribution in [3.63, 3.8) is 0 Å². The predicted octanol–water partition coefficient (Wildman–Crippen LogP) is 2.61. The quantitative estimate of drug-likeness (QED) is 0.660. The van der Waals surface area contributed by atoms with Crippen LogP contribution in [0.3, 0.4) is 0 Å². The molecule has 0 radical (unpaired) electrons. The first-order chi connectivity index (χ1) is 13.7. The fourth-order valence-electron chi connectivity index (χ4n) is 2.54. The maximum Gasteiger partial charge on any atom is 0.248 e. The van der Waals surface area contributed by atoms with E-state index in [0.29, 0.717) is 22.8 Å². The third-order valence-electron chi connectivity index (χ3n) is 4.06. The summed E-state index contributed by atoms with van der Waals surface area (Å²) < 4.78 is 41.6. The van der Waals surface area contributed by atoms with Gasteiger partial charge < -0.3 is 19.5 Å². The van der Waals surface area contributed by atoms with Gasteiger partial charge in [-0.05, 0) is 30.3 Å². The number of anilines is 1. The summed E-state index contributed by atoms with van der Waals surface area (Å²) in [6.07, 6.45) is 2.88. The first-order valence-corrected chi connectivity index (χ1v) is 9.99. The lowest BCUT2D eigenvalue weighted by Crippen LogP contribution is -2.22. The molecule has 156 valence electrons. The largest absolute Gasteiger partial charge is 0.495 e. The molecule has 29 heavy (non-hydrogen) atoms. The molecule has 2 aromatic rings. The van der Waals surface area contributed by atoms with E-state index in [4.69, 9.17) is 14.2 Å². The Bertz CT molecular complexity index is 1020. The summed E-state index contributed by atoms with van der Waals surface area (Å²) in [6.45, 7) is 0. The van der Waals surface area contributed by atoms with Crippen LogP contribution in [-0.2, 0) is 14.8 Å². The van der Waals surface area contributed by atoms with Crippen molar-refractivity contribution in [2.24, 2.45) is 0 Å². The minimum absolute atomic E-state index is 0.0389. The number of sulfonamides is 1. The Balaban J connectivity index is 2.30. The van der Waals surface area contributed by atoms with E-state index in [2.05, 4.69) is 5.32 Å². The fraction of sp³-hybridized carbons (Fsp3) is 0.250. The predicted molar refractivity (Wildman–Crippen MR) is 111 cm³/mol. The number of para-hydroxylation sites is 1. The highest BCUT2D eigenvalue weighted by atomic mass is 32.2. The molecule has 8 nitrogen and oxygen atoms in total. The van der Waals surface area contributed by atoms with Gasteiger partial charge in [0.25, 0.3) is 0 Å². The van der Waals surface area contributed by atoms with Gasteiger partial charge in [-0.2, -0.15) is 0 Å². The molecule has 0 aliphatic heterocycles. The van der Waals surface area contributed by atoms with E-state index < -0.39 is 15.9 Å². The van der Waals surface area contributed by atoms with Gasteiger partial charge in [0.05, 0.1) is 31.9 Å². The van der Waals surface area contributed by atoms with Gasteiger partial charge >= 0.3 is 0 Å². The molecular weight excluding hydrogens is 396 g/mol. The monoisotopic (exact) mass is 420 g/mol. The van der Waals surface area contributed by atoms with Crippen molar-refractivity contribution in [2.45, 2.75) is 4.90 Å². The number of rotatable bonds is 8. The third-order valence-corrected chi connectivity index (χ3v) is 5.87. The molecule has 2 rings (SSSR count). The first-order valence-electron chi connectivity index (χ1n) is 8.55. The molecule has 0 unspecified atom stereocenters. The van der Waals surface area contributed by atoms with Crippen LogP contribution in [0, 0.1) is 0 Å². The van der Waals surface area contributed by atoms with Crippen LogP contribution >= 0.6 is 0 Å². The van der Waals surface area contributed by atoms with E-state index in [1.807, 2.05) is 0 Å². The van der Waals surface area contributed by atoms with Crippen molar-refractivity contribution in [1.82, 2.24) is 4.31 Å².